The molecule has 3 aromatic carbocycles. The summed E-state index contributed by atoms with van der Waals surface area (Å²) in [6.45, 7) is 6.03. The Labute approximate surface area is 207 Å². The molecule has 0 aliphatic carbocycles. The number of carboxylic acid groups (broad SMARTS) is 1. The molecule has 2 atom stereocenters. The van der Waals surface area contributed by atoms with Crippen molar-refractivity contribution in [1.29, 1.82) is 5.26 Å². The van der Waals surface area contributed by atoms with Gasteiger partial charge in [0.1, 0.15) is 6.04 Å². The highest BCUT2D eigenvalue weighted by molar-refractivity contribution is 5.88. The van der Waals surface area contributed by atoms with Gasteiger partial charge in [-0.25, -0.2) is 9.59 Å². The van der Waals surface area contributed by atoms with Crippen LogP contribution in [0, 0.1) is 25.2 Å². The van der Waals surface area contributed by atoms with Crippen LogP contribution >= 0.6 is 0 Å². The molecule has 5 rings (SSSR count). The summed E-state index contributed by atoms with van der Waals surface area (Å²) in [5, 5.41) is 20.8. The zero-order valence-electron chi connectivity index (χ0n) is 20.3. The number of fused-ring (bicyclic) bond motifs is 2. The number of H-pyrrole nitrogens is 1. The van der Waals surface area contributed by atoms with Crippen molar-refractivity contribution in [2.45, 2.75) is 39.3 Å². The lowest BCUT2D eigenvalue weighted by atomic mass is 10.0. The lowest BCUT2D eigenvalue weighted by molar-refractivity contribution is -0.140. The first-order chi connectivity index (χ1) is 17.3. The van der Waals surface area contributed by atoms with Gasteiger partial charge in [0.15, 0.2) is 0 Å². The molecule has 2 N–H and O–H groups in total. The molecule has 5 aromatic rings. The van der Waals surface area contributed by atoms with E-state index >= 15 is 0 Å². The summed E-state index contributed by atoms with van der Waals surface area (Å²) in [6, 6.07) is 19.0. The van der Waals surface area contributed by atoms with E-state index in [1.54, 1.807) is 22.8 Å². The Morgan fingerprint density at radius 3 is 2.50 bits per heavy atom. The second-order valence-corrected chi connectivity index (χ2v) is 9.31. The number of imidazole rings is 1. The Morgan fingerprint density at radius 2 is 1.81 bits per heavy atom. The number of nitrogens with zero attached hydrogens (tertiary/aromatic N) is 3. The van der Waals surface area contributed by atoms with Crippen LogP contribution in [-0.4, -0.2) is 25.2 Å². The highest BCUT2D eigenvalue weighted by atomic mass is 16.4. The van der Waals surface area contributed by atoms with Crippen molar-refractivity contribution in [3.63, 3.8) is 0 Å². The quantitative estimate of drug-likeness (QED) is 0.348. The van der Waals surface area contributed by atoms with Crippen LogP contribution in [0.3, 0.4) is 0 Å². The number of nitrogens with one attached hydrogen (secondary N) is 1. The summed E-state index contributed by atoms with van der Waals surface area (Å²) in [5.41, 5.74) is 5.95. The number of aliphatic carboxylic acids is 1. The highest BCUT2D eigenvalue weighted by Gasteiger charge is 2.29. The topological polar surface area (TPSA) is 104 Å². The number of rotatable bonds is 6. The molecule has 0 radical (unpaired) electrons. The zero-order chi connectivity index (χ0) is 25.6. The van der Waals surface area contributed by atoms with E-state index in [1.165, 1.54) is 4.57 Å². The molecule has 0 spiro atoms. The summed E-state index contributed by atoms with van der Waals surface area (Å²) < 4.78 is 2.97. The Bertz CT molecular complexity index is 1720. The van der Waals surface area contributed by atoms with Gasteiger partial charge in [-0.15, -0.1) is 0 Å². The summed E-state index contributed by atoms with van der Waals surface area (Å²) in [5.74, 6) is -1.10. The van der Waals surface area contributed by atoms with Crippen LogP contribution in [-0.2, 0) is 11.2 Å². The van der Waals surface area contributed by atoms with Crippen molar-refractivity contribution >= 4 is 27.9 Å². The Morgan fingerprint density at radius 1 is 1.06 bits per heavy atom. The largest absolute Gasteiger partial charge is 0.480 e. The first kappa shape index (κ1) is 23.2. The molecule has 7 heteroatoms. The van der Waals surface area contributed by atoms with E-state index in [2.05, 4.69) is 23.2 Å². The standard InChI is InChI=1S/C29H26N4O3/c1-17-11-18(2)27-22(16-31-23(27)12-17)19(3)32-24-10-9-21(15-30)14-25(24)33(29(32)36)26(28(34)35)13-20-7-5-4-6-8-20/h4-12,14,16,19,26,31H,13H2,1-3H3,(H,34,35)/t19?,26-/m0/s1. The number of aryl methyl sites for hydroxylation is 2. The predicted octanol–water partition coefficient (Wildman–Crippen LogP) is 5.25. The number of benzene rings is 3. The molecule has 1 unspecified atom stereocenters. The molecule has 0 saturated heterocycles. The maximum Gasteiger partial charge on any atom is 0.330 e. The van der Waals surface area contributed by atoms with Crippen molar-refractivity contribution in [2.24, 2.45) is 0 Å². The fraction of sp³-hybridized carbons (Fsp3) is 0.207. The minimum absolute atomic E-state index is 0.145. The number of carbonyl (C=O) groups is 1. The number of hydrogen-bond acceptors (Lipinski definition) is 3. The molecule has 0 aliphatic rings. The molecular weight excluding hydrogens is 452 g/mol. The number of aromatic amines is 1. The van der Waals surface area contributed by atoms with E-state index in [9.17, 15) is 20.0 Å². The van der Waals surface area contributed by atoms with Gasteiger partial charge in [0.2, 0.25) is 0 Å². The maximum atomic E-state index is 14.0. The van der Waals surface area contributed by atoms with E-state index in [4.69, 9.17) is 0 Å². The van der Waals surface area contributed by atoms with Crippen LogP contribution in [0.1, 0.15) is 46.8 Å². The van der Waals surface area contributed by atoms with Gasteiger partial charge >= 0.3 is 11.7 Å². The van der Waals surface area contributed by atoms with Crippen LogP contribution in [0.5, 0.6) is 0 Å². The molecule has 0 amide bonds. The van der Waals surface area contributed by atoms with Crippen LogP contribution in [0.15, 0.2) is 71.7 Å². The van der Waals surface area contributed by atoms with Crippen LogP contribution in [0.2, 0.25) is 0 Å². The molecular formula is C29H26N4O3. The van der Waals surface area contributed by atoms with Gasteiger partial charge < -0.3 is 10.1 Å². The molecule has 2 heterocycles. The van der Waals surface area contributed by atoms with E-state index in [0.717, 1.165) is 33.2 Å². The SMILES string of the molecule is Cc1cc(C)c2c(C(C)n3c(=O)n([C@@H](Cc4ccccc4)C(=O)O)c4cc(C#N)ccc43)c[nH]c2c1. The second-order valence-electron chi connectivity index (χ2n) is 9.31. The Kier molecular flexibility index (Phi) is 5.73. The second kappa shape index (κ2) is 8.90. The summed E-state index contributed by atoms with van der Waals surface area (Å²) in [6.07, 6.45) is 2.06. The van der Waals surface area contributed by atoms with Gasteiger partial charge in [-0.05, 0) is 61.7 Å². The van der Waals surface area contributed by atoms with Gasteiger partial charge in [0.05, 0.1) is 28.7 Å². The maximum absolute atomic E-state index is 14.0. The number of aromatic nitrogens is 3. The minimum atomic E-state index is -1.13. The fourth-order valence-corrected chi connectivity index (χ4v) is 5.27. The predicted molar refractivity (Wildman–Crippen MR) is 139 cm³/mol. The van der Waals surface area contributed by atoms with Gasteiger partial charge in [0, 0.05) is 29.1 Å². The molecule has 36 heavy (non-hydrogen) atoms. The lowest BCUT2D eigenvalue weighted by Gasteiger charge is -2.16. The Balaban J connectivity index is 1.75. The van der Waals surface area contributed by atoms with Gasteiger partial charge in [-0.2, -0.15) is 5.26 Å². The van der Waals surface area contributed by atoms with Crippen LogP contribution in [0.4, 0.5) is 0 Å². The monoisotopic (exact) mass is 478 g/mol. The number of carboxylic acids is 1. The average molecular weight is 479 g/mol. The normalized spacial score (nSPS) is 13.1. The van der Waals surface area contributed by atoms with E-state index in [-0.39, 0.29) is 12.5 Å². The van der Waals surface area contributed by atoms with Gasteiger partial charge in [0.25, 0.3) is 0 Å². The smallest absolute Gasteiger partial charge is 0.330 e. The molecule has 0 bridgehead atoms. The first-order valence-electron chi connectivity index (χ1n) is 11.8. The molecule has 0 fully saturated rings. The van der Waals surface area contributed by atoms with Crippen molar-refractivity contribution in [3.8, 4) is 6.07 Å². The fourth-order valence-electron chi connectivity index (χ4n) is 5.27. The van der Waals surface area contributed by atoms with E-state index in [0.29, 0.717) is 16.6 Å². The number of hydrogen-bond donors (Lipinski definition) is 2. The third-order valence-electron chi connectivity index (χ3n) is 6.89. The third kappa shape index (κ3) is 3.77. The highest BCUT2D eigenvalue weighted by Crippen LogP contribution is 2.32. The summed E-state index contributed by atoms with van der Waals surface area (Å²) >= 11 is 0. The minimum Gasteiger partial charge on any atom is -0.480 e. The van der Waals surface area contributed by atoms with Crippen LogP contribution in [0.25, 0.3) is 21.9 Å². The summed E-state index contributed by atoms with van der Waals surface area (Å²) in [4.78, 5) is 29.8. The third-order valence-corrected chi connectivity index (χ3v) is 6.89. The zero-order valence-corrected chi connectivity index (χ0v) is 20.3. The van der Waals surface area contributed by atoms with Gasteiger partial charge in [-0.3, -0.25) is 9.13 Å². The Hall–Kier alpha value is -4.57. The van der Waals surface area contributed by atoms with E-state index in [1.807, 2.05) is 57.3 Å². The molecule has 7 nitrogen and oxygen atoms in total. The van der Waals surface area contributed by atoms with Crippen molar-refractivity contribution in [3.05, 3.63) is 105 Å². The molecule has 0 aliphatic heterocycles. The molecule has 180 valence electrons. The first-order valence-corrected chi connectivity index (χ1v) is 11.8. The van der Waals surface area contributed by atoms with Crippen LogP contribution < -0.4 is 5.69 Å². The van der Waals surface area contributed by atoms with E-state index < -0.39 is 17.7 Å². The average Bonchev–Trinajstić information content (AvgIpc) is 3.40. The summed E-state index contributed by atoms with van der Waals surface area (Å²) in [7, 11) is 0. The molecule has 0 saturated carbocycles. The molecule has 2 aromatic heterocycles. The van der Waals surface area contributed by atoms with Gasteiger partial charge in [-0.1, -0.05) is 36.4 Å². The lowest BCUT2D eigenvalue weighted by Crippen LogP contribution is -2.33. The van der Waals surface area contributed by atoms with Crippen molar-refractivity contribution in [2.75, 3.05) is 0 Å². The number of nitriles is 1. The van der Waals surface area contributed by atoms with Crippen molar-refractivity contribution in [1.82, 2.24) is 14.1 Å². The van der Waals surface area contributed by atoms with Crippen molar-refractivity contribution < 1.29 is 9.90 Å².